The molecule has 189 valence electrons. The summed E-state index contributed by atoms with van der Waals surface area (Å²) in [5, 5.41) is 6.89. The van der Waals surface area contributed by atoms with Crippen molar-refractivity contribution >= 4 is 17.9 Å². The van der Waals surface area contributed by atoms with Crippen molar-refractivity contribution in [1.82, 2.24) is 30.6 Å². The standard InChI is InChI=1S/C15H21N3.C12H10N3O.CH4.V/c1-2-13(15-8-4-6-10-18-15)11-16-12-14-7-3-5-9-17-14;1-2-5-11-14-10(8-16)12(15-11)9-6-3-4-7-13-9;;/h2,4,6,8,10-11,14,16-17H,1,3,5,7,9,12H2;2-8H,1H2,(H,14,15);1H4;/q;-1;;/b13-11+;5-2-;;. The van der Waals surface area contributed by atoms with Crippen LogP contribution in [0.3, 0.4) is 0 Å². The summed E-state index contributed by atoms with van der Waals surface area (Å²) in [5.41, 5.74) is 3.64. The van der Waals surface area contributed by atoms with E-state index >= 15 is 0 Å². The number of aromatic nitrogens is 4. The number of rotatable bonds is 8. The van der Waals surface area contributed by atoms with Crippen LogP contribution in [0.2, 0.25) is 0 Å². The molecule has 0 bridgehead atoms. The molecule has 0 saturated carbocycles. The van der Waals surface area contributed by atoms with Crippen LogP contribution in [0.15, 0.2) is 73.7 Å². The van der Waals surface area contributed by atoms with E-state index in [2.05, 4.69) is 44.1 Å². The van der Waals surface area contributed by atoms with Gasteiger partial charge in [0.05, 0.1) is 11.4 Å². The largest absolute Gasteiger partial charge is 0.389 e. The Morgan fingerprint density at radius 3 is 2.53 bits per heavy atom. The van der Waals surface area contributed by atoms with E-state index in [1.54, 1.807) is 30.6 Å². The van der Waals surface area contributed by atoms with Gasteiger partial charge in [0.1, 0.15) is 11.4 Å². The van der Waals surface area contributed by atoms with Crippen LogP contribution >= 0.6 is 0 Å². The molecular weight excluding hydrogens is 487 g/mol. The summed E-state index contributed by atoms with van der Waals surface area (Å²) in [7, 11) is 0. The smallest absolute Gasteiger partial charge is 0.168 e. The van der Waals surface area contributed by atoms with Crippen molar-refractivity contribution in [3.05, 3.63) is 97.9 Å². The fraction of sp³-hybridized carbons (Fsp3) is 0.250. The number of H-pyrrole nitrogens is 1. The molecule has 8 heteroatoms. The number of pyridine rings is 2. The molecule has 1 saturated heterocycles. The van der Waals surface area contributed by atoms with Crippen LogP contribution in [-0.4, -0.2) is 45.4 Å². The average molecular weight is 523 g/mol. The van der Waals surface area contributed by atoms with Gasteiger partial charge >= 0.3 is 0 Å². The van der Waals surface area contributed by atoms with E-state index in [-0.39, 0.29) is 26.0 Å². The molecule has 1 aliphatic heterocycles. The molecule has 4 heterocycles. The van der Waals surface area contributed by atoms with Gasteiger partial charge in [-0.1, -0.05) is 38.6 Å². The Bertz CT molecular complexity index is 1090. The zero-order chi connectivity index (χ0) is 24.0. The molecule has 1 fully saturated rings. The van der Waals surface area contributed by atoms with Gasteiger partial charge in [0, 0.05) is 61.1 Å². The third kappa shape index (κ3) is 9.34. The monoisotopic (exact) mass is 522 g/mol. The van der Waals surface area contributed by atoms with Gasteiger partial charge in [0.2, 0.25) is 0 Å². The molecule has 1 aliphatic rings. The zero-order valence-electron chi connectivity index (χ0n) is 19.7. The minimum absolute atomic E-state index is 0. The average Bonchev–Trinajstić information content (AvgIpc) is 3.32. The summed E-state index contributed by atoms with van der Waals surface area (Å²) in [6.07, 6.45) is 15.2. The first-order valence-corrected chi connectivity index (χ1v) is 11.4. The summed E-state index contributed by atoms with van der Waals surface area (Å²) < 4.78 is 0. The number of nitrogens with one attached hydrogen (secondary N) is 3. The fourth-order valence-electron chi connectivity index (χ4n) is 3.56. The van der Waals surface area contributed by atoms with Gasteiger partial charge in [-0.25, -0.2) is 18.0 Å². The molecule has 1 unspecified atom stereocenters. The number of aromatic amines is 1. The van der Waals surface area contributed by atoms with E-state index in [1.165, 1.54) is 19.3 Å². The third-order valence-electron chi connectivity index (χ3n) is 5.27. The Labute approximate surface area is 226 Å². The number of carbonyl (C=O) groups is 1. The number of nitrogens with zero attached hydrogens (tertiary/aromatic N) is 3. The van der Waals surface area contributed by atoms with Gasteiger partial charge in [-0.15, -0.1) is 0 Å². The van der Waals surface area contributed by atoms with Crippen molar-refractivity contribution < 1.29 is 23.4 Å². The van der Waals surface area contributed by atoms with Crippen molar-refractivity contribution in [1.29, 1.82) is 0 Å². The maximum Gasteiger partial charge on any atom is 0.168 e. The zero-order valence-corrected chi connectivity index (χ0v) is 21.1. The van der Waals surface area contributed by atoms with Crippen LogP contribution in [0.5, 0.6) is 0 Å². The topological polar surface area (TPSA) is 95.6 Å². The van der Waals surface area contributed by atoms with Gasteiger partial charge in [0.25, 0.3) is 0 Å². The van der Waals surface area contributed by atoms with Gasteiger partial charge < -0.3 is 15.6 Å². The number of hydrogen-bond acceptors (Lipinski definition) is 6. The van der Waals surface area contributed by atoms with Gasteiger partial charge in [-0.05, 0) is 43.7 Å². The molecule has 36 heavy (non-hydrogen) atoms. The molecule has 1 radical (unpaired) electrons. The predicted molar refractivity (Wildman–Crippen MR) is 144 cm³/mol. The molecule has 3 aromatic rings. The second-order valence-electron chi connectivity index (χ2n) is 7.69. The van der Waals surface area contributed by atoms with Crippen molar-refractivity contribution in [2.45, 2.75) is 32.7 Å². The van der Waals surface area contributed by atoms with Crippen molar-refractivity contribution in [2.75, 3.05) is 13.1 Å². The second kappa shape index (κ2) is 17.1. The van der Waals surface area contributed by atoms with E-state index in [9.17, 15) is 4.79 Å². The van der Waals surface area contributed by atoms with Crippen LogP contribution in [0.4, 0.5) is 0 Å². The van der Waals surface area contributed by atoms with Crippen molar-refractivity contribution in [3.63, 3.8) is 0 Å². The number of aldehydes is 1. The van der Waals surface area contributed by atoms with E-state index in [1.807, 2.05) is 42.6 Å². The van der Waals surface area contributed by atoms with E-state index < -0.39 is 0 Å². The maximum absolute atomic E-state index is 10.9. The second-order valence-corrected chi connectivity index (χ2v) is 7.69. The van der Waals surface area contributed by atoms with Crippen LogP contribution < -0.4 is 10.6 Å². The third-order valence-corrected chi connectivity index (χ3v) is 5.27. The molecule has 4 rings (SSSR count). The van der Waals surface area contributed by atoms with Gasteiger partial charge in [-0.3, -0.25) is 14.8 Å². The van der Waals surface area contributed by atoms with Crippen molar-refractivity contribution in [3.8, 4) is 11.4 Å². The van der Waals surface area contributed by atoms with Crippen LogP contribution in [0.25, 0.3) is 23.0 Å². The predicted octanol–water partition coefficient (Wildman–Crippen LogP) is 5.11. The van der Waals surface area contributed by atoms with Crippen LogP contribution in [0, 0.1) is 6.92 Å². The quantitative estimate of drug-likeness (QED) is 0.216. The Morgan fingerprint density at radius 1 is 1.17 bits per heavy atom. The molecule has 3 N–H and O–H groups in total. The van der Waals surface area contributed by atoms with E-state index in [0.29, 0.717) is 28.9 Å². The first-order chi connectivity index (χ1) is 16.7. The van der Waals surface area contributed by atoms with Crippen molar-refractivity contribution in [2.24, 2.45) is 0 Å². The Kier molecular flexibility index (Phi) is 14.6. The maximum atomic E-state index is 10.9. The molecule has 7 nitrogen and oxygen atoms in total. The number of hydrogen-bond donors (Lipinski definition) is 3. The molecule has 0 aliphatic carbocycles. The Hall–Kier alpha value is -3.39. The van der Waals surface area contributed by atoms with Gasteiger partial charge in [-0.2, -0.15) is 6.08 Å². The molecule has 0 aromatic carbocycles. The molecule has 1 atom stereocenters. The molecule has 3 aromatic heterocycles. The SMILES string of the molecule is C.C=C/C(=C\NCC1CCCCN1)c1ccccn1.[CH2-]/C=C\c1nc(-c2ccccn2)c(C=O)[nH]1.[V]. The van der Waals surface area contributed by atoms with Gasteiger partial charge in [0.15, 0.2) is 6.29 Å². The first kappa shape index (κ1) is 30.6. The Morgan fingerprint density at radius 2 is 1.94 bits per heavy atom. The number of allylic oxidation sites excluding steroid dienone is 3. The van der Waals surface area contributed by atoms with Crippen LogP contribution in [-0.2, 0) is 18.6 Å². The molecule has 0 spiro atoms. The first-order valence-electron chi connectivity index (χ1n) is 11.4. The number of carbonyl (C=O) groups excluding carboxylic acids is 1. The molecular formula is C28H35N6OV-. The minimum Gasteiger partial charge on any atom is -0.389 e. The van der Waals surface area contributed by atoms with E-state index in [4.69, 9.17) is 0 Å². The number of imidazole rings is 1. The summed E-state index contributed by atoms with van der Waals surface area (Å²) in [6.45, 7) is 9.52. The summed E-state index contributed by atoms with van der Waals surface area (Å²) >= 11 is 0. The van der Waals surface area contributed by atoms with E-state index in [0.717, 1.165) is 30.6 Å². The minimum atomic E-state index is 0. The van der Waals surface area contributed by atoms with Crippen LogP contribution in [0.1, 0.15) is 48.7 Å². The molecule has 0 amide bonds. The normalized spacial score (nSPS) is 15.0. The Balaban J connectivity index is 0.000000343. The summed E-state index contributed by atoms with van der Waals surface area (Å²) in [6, 6.07) is 12.0. The summed E-state index contributed by atoms with van der Waals surface area (Å²) in [5.74, 6) is 0.595. The summed E-state index contributed by atoms with van der Waals surface area (Å²) in [4.78, 5) is 26.5. The number of piperidine rings is 1. The fourth-order valence-corrected chi connectivity index (χ4v) is 3.56.